The van der Waals surface area contributed by atoms with Crippen molar-refractivity contribution < 1.29 is 14.3 Å². The maximum atomic E-state index is 12.7. The van der Waals surface area contributed by atoms with Crippen molar-refractivity contribution in [3.63, 3.8) is 0 Å². The summed E-state index contributed by atoms with van der Waals surface area (Å²) in [6.45, 7) is 1.90. The third kappa shape index (κ3) is 3.95. The Kier molecular flexibility index (Phi) is 5.57. The Balaban J connectivity index is 1.95. The van der Waals surface area contributed by atoms with Gasteiger partial charge in [-0.15, -0.1) is 0 Å². The van der Waals surface area contributed by atoms with Crippen LogP contribution in [0.3, 0.4) is 0 Å². The maximum absolute atomic E-state index is 12.7. The molecule has 0 atom stereocenters. The van der Waals surface area contributed by atoms with Crippen molar-refractivity contribution >= 4 is 45.8 Å². The molecule has 1 aliphatic heterocycles. The van der Waals surface area contributed by atoms with Crippen LogP contribution in [-0.2, 0) is 4.74 Å². The van der Waals surface area contributed by atoms with Crippen LogP contribution in [0.1, 0.15) is 33.6 Å². The molecule has 130 valence electrons. The number of nitrogens with one attached hydrogen (secondary N) is 1. The predicted octanol–water partition coefficient (Wildman–Crippen LogP) is 3.93. The molecule has 0 spiro atoms. The van der Waals surface area contributed by atoms with Crippen molar-refractivity contribution in [3.05, 3.63) is 57.2 Å². The van der Waals surface area contributed by atoms with E-state index in [1.165, 1.54) is 7.11 Å². The average molecular weight is 450 g/mol. The number of hydrogen-bond donors (Lipinski definition) is 1. The van der Waals surface area contributed by atoms with Gasteiger partial charge in [-0.25, -0.2) is 4.79 Å². The van der Waals surface area contributed by atoms with Crippen molar-refractivity contribution in [3.8, 4) is 0 Å². The molecule has 0 saturated carbocycles. The predicted molar refractivity (Wildman–Crippen MR) is 106 cm³/mol. The average Bonchev–Trinajstić information content (AvgIpc) is 3.15. The van der Waals surface area contributed by atoms with Gasteiger partial charge in [0, 0.05) is 16.7 Å². The molecule has 1 fully saturated rings. The fraction of sp³-hybridized carbons (Fsp3) is 0.263. The van der Waals surface area contributed by atoms with Gasteiger partial charge in [-0.3, -0.25) is 4.79 Å². The highest BCUT2D eigenvalue weighted by atomic mass is 127. The topological polar surface area (TPSA) is 58.6 Å². The van der Waals surface area contributed by atoms with Gasteiger partial charge in [0.25, 0.3) is 5.91 Å². The Morgan fingerprint density at radius 2 is 1.84 bits per heavy atom. The van der Waals surface area contributed by atoms with Crippen molar-refractivity contribution in [1.29, 1.82) is 0 Å². The largest absolute Gasteiger partial charge is 0.465 e. The number of carbonyl (C=O) groups excluding carboxylic acids is 2. The molecule has 3 rings (SSSR count). The van der Waals surface area contributed by atoms with E-state index in [-0.39, 0.29) is 5.91 Å². The van der Waals surface area contributed by atoms with Gasteiger partial charge < -0.3 is 15.0 Å². The minimum Gasteiger partial charge on any atom is -0.465 e. The lowest BCUT2D eigenvalue weighted by molar-refractivity contribution is 0.0600. The quantitative estimate of drug-likeness (QED) is 0.567. The smallest absolute Gasteiger partial charge is 0.337 e. The number of carbonyl (C=O) groups is 2. The van der Waals surface area contributed by atoms with Crippen LogP contribution < -0.4 is 10.2 Å². The summed E-state index contributed by atoms with van der Waals surface area (Å²) in [4.78, 5) is 26.8. The van der Waals surface area contributed by atoms with Crippen LogP contribution in [0.15, 0.2) is 42.5 Å². The summed E-state index contributed by atoms with van der Waals surface area (Å²) >= 11 is 2.14. The van der Waals surface area contributed by atoms with Crippen LogP contribution in [-0.4, -0.2) is 32.1 Å². The first-order chi connectivity index (χ1) is 12.1. The zero-order valence-electron chi connectivity index (χ0n) is 13.9. The Labute approximate surface area is 160 Å². The van der Waals surface area contributed by atoms with E-state index in [0.29, 0.717) is 16.8 Å². The second-order valence-corrected chi connectivity index (χ2v) is 7.01. The second kappa shape index (κ2) is 7.86. The summed E-state index contributed by atoms with van der Waals surface area (Å²) in [6.07, 6.45) is 2.26. The number of esters is 1. The van der Waals surface area contributed by atoms with E-state index in [1.54, 1.807) is 18.2 Å². The highest BCUT2D eigenvalue weighted by Gasteiger charge is 2.20. The lowest BCUT2D eigenvalue weighted by Crippen LogP contribution is -2.22. The van der Waals surface area contributed by atoms with E-state index in [2.05, 4.69) is 32.8 Å². The molecule has 1 saturated heterocycles. The van der Waals surface area contributed by atoms with Crippen molar-refractivity contribution in [2.45, 2.75) is 12.8 Å². The van der Waals surface area contributed by atoms with Crippen molar-refractivity contribution in [2.75, 3.05) is 30.4 Å². The highest BCUT2D eigenvalue weighted by Crippen LogP contribution is 2.31. The second-order valence-electron chi connectivity index (χ2n) is 5.85. The number of rotatable bonds is 4. The normalized spacial score (nSPS) is 13.6. The van der Waals surface area contributed by atoms with Gasteiger partial charge in [0.15, 0.2) is 0 Å². The van der Waals surface area contributed by atoms with Crippen molar-refractivity contribution in [2.24, 2.45) is 0 Å². The number of ether oxygens (including phenoxy) is 1. The van der Waals surface area contributed by atoms with Gasteiger partial charge in [0.05, 0.1) is 29.6 Å². The van der Waals surface area contributed by atoms with Gasteiger partial charge in [0.1, 0.15) is 0 Å². The number of hydrogen-bond acceptors (Lipinski definition) is 4. The van der Waals surface area contributed by atoms with E-state index in [0.717, 1.165) is 35.2 Å². The first kappa shape index (κ1) is 17.7. The molecule has 0 bridgehead atoms. The van der Waals surface area contributed by atoms with Gasteiger partial charge >= 0.3 is 5.97 Å². The zero-order chi connectivity index (χ0) is 17.8. The summed E-state index contributed by atoms with van der Waals surface area (Å²) in [5.74, 6) is -0.606. The summed E-state index contributed by atoms with van der Waals surface area (Å²) in [5, 5.41) is 2.97. The molecular weight excluding hydrogens is 431 g/mol. The number of amides is 1. The molecule has 1 heterocycles. The molecule has 1 amide bonds. The van der Waals surface area contributed by atoms with Crippen molar-refractivity contribution in [1.82, 2.24) is 0 Å². The lowest BCUT2D eigenvalue weighted by atomic mass is 10.1. The van der Waals surface area contributed by atoms with E-state index in [9.17, 15) is 9.59 Å². The molecule has 2 aromatic carbocycles. The monoisotopic (exact) mass is 450 g/mol. The molecular formula is C19H19IN2O3. The highest BCUT2D eigenvalue weighted by molar-refractivity contribution is 14.1. The molecule has 0 aromatic heterocycles. The third-order valence-corrected chi connectivity index (χ3v) is 5.17. The molecule has 5 nitrogen and oxygen atoms in total. The van der Waals surface area contributed by atoms with E-state index in [1.807, 2.05) is 24.3 Å². The van der Waals surface area contributed by atoms with Gasteiger partial charge in [-0.1, -0.05) is 12.1 Å². The lowest BCUT2D eigenvalue weighted by Gasteiger charge is -2.22. The van der Waals surface area contributed by atoms with Crippen LogP contribution in [0.5, 0.6) is 0 Å². The van der Waals surface area contributed by atoms with Crippen LogP contribution in [0.4, 0.5) is 11.4 Å². The Hall–Kier alpha value is -2.09. The van der Waals surface area contributed by atoms with Crippen LogP contribution in [0.2, 0.25) is 0 Å². The Morgan fingerprint density at radius 3 is 2.52 bits per heavy atom. The first-order valence-corrected chi connectivity index (χ1v) is 9.21. The third-order valence-electron chi connectivity index (χ3n) is 4.23. The van der Waals surface area contributed by atoms with E-state index in [4.69, 9.17) is 4.74 Å². The van der Waals surface area contributed by atoms with Gasteiger partial charge in [-0.05, 0) is 65.8 Å². The molecule has 1 N–H and O–H groups in total. The molecule has 0 radical (unpaired) electrons. The number of halogens is 1. The molecule has 0 unspecified atom stereocenters. The van der Waals surface area contributed by atoms with Crippen LogP contribution >= 0.6 is 22.6 Å². The fourth-order valence-electron chi connectivity index (χ4n) is 2.95. The molecule has 2 aromatic rings. The molecule has 6 heteroatoms. The number of anilines is 2. The minimum absolute atomic E-state index is 0.188. The van der Waals surface area contributed by atoms with E-state index >= 15 is 0 Å². The summed E-state index contributed by atoms with van der Waals surface area (Å²) in [7, 11) is 1.35. The number of methoxy groups -OCH3 is 1. The molecule has 0 aliphatic carbocycles. The SMILES string of the molecule is COC(=O)c1ccc(N2CCCC2)c(NC(=O)c2ccccc2I)c1. The maximum Gasteiger partial charge on any atom is 0.337 e. The summed E-state index contributed by atoms with van der Waals surface area (Å²) in [6, 6.07) is 12.7. The standard InChI is InChI=1S/C19H19IN2O3/c1-25-19(24)13-8-9-17(22-10-4-5-11-22)16(12-13)21-18(23)14-6-2-3-7-15(14)20/h2-3,6-9,12H,4-5,10-11H2,1H3,(H,21,23). The Morgan fingerprint density at radius 1 is 1.12 bits per heavy atom. The molecule has 1 aliphatic rings. The summed E-state index contributed by atoms with van der Waals surface area (Å²) < 4.78 is 5.68. The summed E-state index contributed by atoms with van der Waals surface area (Å²) in [5.41, 5.74) is 2.60. The van der Waals surface area contributed by atoms with Gasteiger partial charge in [0.2, 0.25) is 0 Å². The zero-order valence-corrected chi connectivity index (χ0v) is 16.1. The van der Waals surface area contributed by atoms with Gasteiger partial charge in [-0.2, -0.15) is 0 Å². The minimum atomic E-state index is -0.419. The Bertz CT molecular complexity index is 801. The number of benzene rings is 2. The van der Waals surface area contributed by atoms with Crippen LogP contribution in [0, 0.1) is 3.57 Å². The number of nitrogens with zero attached hydrogens (tertiary/aromatic N) is 1. The van der Waals surface area contributed by atoms with Crippen LogP contribution in [0.25, 0.3) is 0 Å². The first-order valence-electron chi connectivity index (χ1n) is 8.13. The molecule has 25 heavy (non-hydrogen) atoms. The van der Waals surface area contributed by atoms with E-state index < -0.39 is 5.97 Å². The fourth-order valence-corrected chi connectivity index (χ4v) is 3.58.